The zero-order chi connectivity index (χ0) is 12.6. The van der Waals surface area contributed by atoms with Crippen molar-refractivity contribution >= 4 is 17.4 Å². The van der Waals surface area contributed by atoms with E-state index in [0.29, 0.717) is 12.8 Å². The summed E-state index contributed by atoms with van der Waals surface area (Å²) in [4.78, 5) is 11.9. The fraction of sp³-hybridized carbons (Fsp3) is 0.417. The minimum absolute atomic E-state index is 0.0116. The predicted octanol–water partition coefficient (Wildman–Crippen LogP) is 4.34. The number of ketones is 1. The number of carbonyl (C=O) groups is 1. The number of hydrogen-bond acceptors (Lipinski definition) is 1. The van der Waals surface area contributed by atoms with Crippen molar-refractivity contribution in [1.82, 2.24) is 0 Å². The third-order valence-corrected chi connectivity index (χ3v) is 3.26. The van der Waals surface area contributed by atoms with Crippen molar-refractivity contribution in [2.24, 2.45) is 5.92 Å². The van der Waals surface area contributed by atoms with Crippen molar-refractivity contribution in [1.29, 1.82) is 0 Å². The Morgan fingerprint density at radius 3 is 2.41 bits per heavy atom. The van der Waals surface area contributed by atoms with Crippen molar-refractivity contribution in [3.8, 4) is 0 Å². The molecular weight excluding hydrogens is 253 g/mol. The number of carbonyl (C=O) groups excluding carboxylic acids is 1. The number of Topliss-reactive ketones (excluding diaryl/α,β-unsaturated/α-hetero) is 1. The van der Waals surface area contributed by atoms with Crippen LogP contribution in [0, 0.1) is 5.92 Å². The van der Waals surface area contributed by atoms with Crippen LogP contribution in [0.2, 0.25) is 5.02 Å². The smallest absolute Gasteiger partial charge is 0.294 e. The van der Waals surface area contributed by atoms with E-state index in [1.807, 2.05) is 0 Å². The van der Waals surface area contributed by atoms with Crippen LogP contribution in [-0.2, 0) is 6.18 Å². The molecule has 1 aliphatic rings. The van der Waals surface area contributed by atoms with Gasteiger partial charge in [-0.2, -0.15) is 13.2 Å². The Hall–Kier alpha value is -1.03. The Balaban J connectivity index is 2.42. The van der Waals surface area contributed by atoms with Crippen LogP contribution in [0.3, 0.4) is 0 Å². The highest BCUT2D eigenvalue weighted by Gasteiger charge is 2.37. The van der Waals surface area contributed by atoms with E-state index in [2.05, 4.69) is 0 Å². The molecule has 0 saturated heterocycles. The second kappa shape index (κ2) is 4.33. The lowest BCUT2D eigenvalue weighted by atomic mass is 9.79. The lowest BCUT2D eigenvalue weighted by Crippen LogP contribution is -2.24. The highest BCUT2D eigenvalue weighted by molar-refractivity contribution is 6.30. The fourth-order valence-corrected chi connectivity index (χ4v) is 2.03. The molecular formula is C12H10ClF3O. The number of halogens is 4. The van der Waals surface area contributed by atoms with E-state index in [4.69, 9.17) is 11.6 Å². The lowest BCUT2D eigenvalue weighted by molar-refractivity contribution is -0.138. The molecule has 0 radical (unpaired) electrons. The van der Waals surface area contributed by atoms with Crippen LogP contribution in [0.1, 0.15) is 35.2 Å². The number of alkyl halides is 3. The van der Waals surface area contributed by atoms with Gasteiger partial charge in [-0.15, -0.1) is 0 Å². The van der Waals surface area contributed by atoms with Gasteiger partial charge in [0.25, 0.3) is 0 Å². The van der Waals surface area contributed by atoms with E-state index in [9.17, 15) is 18.0 Å². The topological polar surface area (TPSA) is 17.1 Å². The van der Waals surface area contributed by atoms with Crippen LogP contribution >= 0.6 is 11.6 Å². The van der Waals surface area contributed by atoms with Crippen LogP contribution < -0.4 is 0 Å². The maximum atomic E-state index is 12.8. The first-order valence-corrected chi connectivity index (χ1v) is 5.68. The van der Waals surface area contributed by atoms with Gasteiger partial charge in [-0.3, -0.25) is 4.79 Å². The summed E-state index contributed by atoms with van der Waals surface area (Å²) in [6, 6.07) is 3.31. The van der Waals surface area contributed by atoms with E-state index >= 15 is 0 Å². The summed E-state index contributed by atoms with van der Waals surface area (Å²) in [5.41, 5.74) is -1.19. The molecule has 0 bridgehead atoms. The van der Waals surface area contributed by atoms with Gasteiger partial charge in [-0.05, 0) is 31.0 Å². The fourth-order valence-electron chi connectivity index (χ4n) is 1.86. The van der Waals surface area contributed by atoms with Crippen molar-refractivity contribution in [3.63, 3.8) is 0 Å². The molecule has 0 aliphatic heterocycles. The average molecular weight is 263 g/mol. The van der Waals surface area contributed by atoms with Crippen LogP contribution in [-0.4, -0.2) is 5.78 Å². The maximum Gasteiger partial charge on any atom is 0.417 e. The minimum atomic E-state index is -4.54. The molecule has 0 unspecified atom stereocenters. The Morgan fingerprint density at radius 1 is 1.29 bits per heavy atom. The lowest BCUT2D eigenvalue weighted by Gasteiger charge is -2.25. The third kappa shape index (κ3) is 2.46. The number of hydrogen-bond donors (Lipinski definition) is 0. The van der Waals surface area contributed by atoms with E-state index in [0.717, 1.165) is 12.5 Å². The molecule has 0 atom stereocenters. The molecule has 1 aliphatic carbocycles. The van der Waals surface area contributed by atoms with Gasteiger partial charge < -0.3 is 0 Å². The quantitative estimate of drug-likeness (QED) is 0.725. The van der Waals surface area contributed by atoms with Crippen LogP contribution in [0.15, 0.2) is 18.2 Å². The molecule has 5 heteroatoms. The Labute approximate surface area is 102 Å². The second-order valence-electron chi connectivity index (χ2n) is 4.18. The third-order valence-electron chi connectivity index (χ3n) is 3.03. The first-order valence-electron chi connectivity index (χ1n) is 5.30. The van der Waals surface area contributed by atoms with Gasteiger partial charge in [-0.25, -0.2) is 0 Å². The molecule has 1 nitrogen and oxygen atoms in total. The summed E-state index contributed by atoms with van der Waals surface area (Å²) in [6.07, 6.45) is -2.28. The maximum absolute atomic E-state index is 12.8. The van der Waals surface area contributed by atoms with Crippen LogP contribution in [0.4, 0.5) is 13.2 Å². The summed E-state index contributed by atoms with van der Waals surface area (Å²) >= 11 is 5.54. The molecule has 92 valence electrons. The van der Waals surface area contributed by atoms with Crippen molar-refractivity contribution in [3.05, 3.63) is 34.3 Å². The second-order valence-corrected chi connectivity index (χ2v) is 4.62. The molecule has 1 saturated carbocycles. The van der Waals surface area contributed by atoms with Crippen LogP contribution in [0.5, 0.6) is 0 Å². The molecule has 0 aromatic heterocycles. The van der Waals surface area contributed by atoms with E-state index < -0.39 is 17.5 Å². The van der Waals surface area contributed by atoms with Crippen molar-refractivity contribution < 1.29 is 18.0 Å². The van der Waals surface area contributed by atoms with Gasteiger partial charge in [0.1, 0.15) is 0 Å². The van der Waals surface area contributed by atoms with Crippen LogP contribution in [0.25, 0.3) is 0 Å². The number of benzene rings is 1. The van der Waals surface area contributed by atoms with Crippen molar-refractivity contribution in [2.45, 2.75) is 25.4 Å². The van der Waals surface area contributed by atoms with Gasteiger partial charge in [0.05, 0.1) is 5.56 Å². The highest BCUT2D eigenvalue weighted by Crippen LogP contribution is 2.37. The van der Waals surface area contributed by atoms with E-state index in [-0.39, 0.29) is 16.5 Å². The average Bonchev–Trinajstić information content (AvgIpc) is 2.13. The Morgan fingerprint density at radius 2 is 1.94 bits per heavy atom. The summed E-state index contributed by atoms with van der Waals surface area (Å²) in [7, 11) is 0. The normalized spacial score (nSPS) is 16.7. The molecule has 1 aromatic carbocycles. The van der Waals surface area contributed by atoms with Gasteiger partial charge in [0, 0.05) is 16.5 Å². The zero-order valence-electron chi connectivity index (χ0n) is 8.85. The van der Waals surface area contributed by atoms with Gasteiger partial charge in [-0.1, -0.05) is 18.0 Å². The summed E-state index contributed by atoms with van der Waals surface area (Å²) in [6.45, 7) is 0. The monoisotopic (exact) mass is 262 g/mol. The Kier molecular flexibility index (Phi) is 3.17. The number of rotatable bonds is 2. The van der Waals surface area contributed by atoms with Gasteiger partial charge >= 0.3 is 6.18 Å². The Bertz CT molecular complexity index is 450. The summed E-state index contributed by atoms with van der Waals surface area (Å²) in [5.74, 6) is -0.669. The first kappa shape index (κ1) is 12.4. The largest absolute Gasteiger partial charge is 0.417 e. The molecule has 0 spiro atoms. The SMILES string of the molecule is O=C(c1ccc(Cl)cc1C(F)(F)F)C1CCC1. The predicted molar refractivity (Wildman–Crippen MR) is 58.1 cm³/mol. The molecule has 17 heavy (non-hydrogen) atoms. The van der Waals surface area contributed by atoms with E-state index in [1.165, 1.54) is 12.1 Å². The highest BCUT2D eigenvalue weighted by atomic mass is 35.5. The van der Waals surface area contributed by atoms with E-state index in [1.54, 1.807) is 0 Å². The molecule has 1 fully saturated rings. The molecule has 0 amide bonds. The molecule has 2 rings (SSSR count). The molecule has 0 heterocycles. The first-order chi connectivity index (χ1) is 7.89. The summed E-state index contributed by atoms with van der Waals surface area (Å²) < 4.78 is 38.3. The molecule has 0 N–H and O–H groups in total. The molecule has 1 aromatic rings. The van der Waals surface area contributed by atoms with Gasteiger partial charge in [0.2, 0.25) is 0 Å². The summed E-state index contributed by atoms with van der Waals surface area (Å²) in [5, 5.41) is -0.0116. The minimum Gasteiger partial charge on any atom is -0.294 e. The van der Waals surface area contributed by atoms with Crippen molar-refractivity contribution in [2.75, 3.05) is 0 Å². The standard InChI is InChI=1S/C12H10ClF3O/c13-8-4-5-9(10(6-8)12(14,15)16)11(17)7-2-1-3-7/h4-7H,1-3H2. The van der Waals surface area contributed by atoms with Gasteiger partial charge in [0.15, 0.2) is 5.78 Å². The zero-order valence-corrected chi connectivity index (χ0v) is 9.61.